The highest BCUT2D eigenvalue weighted by Gasteiger charge is 2.26. The Hall–Kier alpha value is -2.27. The molecule has 8 nitrogen and oxygen atoms in total. The molecule has 1 heterocycles. The van der Waals surface area contributed by atoms with Crippen LogP contribution in [0, 0.1) is 6.92 Å². The number of nitrogens with zero attached hydrogens (tertiary/aromatic N) is 1. The molecule has 1 aliphatic rings. The van der Waals surface area contributed by atoms with Gasteiger partial charge in [-0.3, -0.25) is 4.79 Å². The van der Waals surface area contributed by atoms with E-state index in [-0.39, 0.29) is 22.9 Å². The number of benzene rings is 2. The largest absolute Gasteiger partial charge is 0.379 e. The summed E-state index contributed by atoms with van der Waals surface area (Å²) in [6.07, 6.45) is 0. The third kappa shape index (κ3) is 5.21. The lowest BCUT2D eigenvalue weighted by Crippen LogP contribution is -2.40. The van der Waals surface area contributed by atoms with E-state index in [1.54, 1.807) is 12.1 Å². The second kappa shape index (κ2) is 8.62. The maximum atomic E-state index is 12.6. The molecule has 0 aliphatic carbocycles. The Kier molecular flexibility index (Phi) is 6.37. The lowest BCUT2D eigenvalue weighted by Gasteiger charge is -2.26. The Morgan fingerprint density at radius 1 is 0.931 bits per heavy atom. The molecule has 2 aromatic rings. The quantitative estimate of drug-likeness (QED) is 0.731. The highest BCUT2D eigenvalue weighted by atomic mass is 32.2. The fourth-order valence-electron chi connectivity index (χ4n) is 2.84. The van der Waals surface area contributed by atoms with Crippen LogP contribution in [0.1, 0.15) is 5.56 Å². The highest BCUT2D eigenvalue weighted by Crippen LogP contribution is 2.20. The zero-order valence-electron chi connectivity index (χ0n) is 15.9. The number of sulfonamides is 1. The molecular formula is C19H22N2O6S2. The zero-order valence-corrected chi connectivity index (χ0v) is 17.5. The van der Waals surface area contributed by atoms with E-state index < -0.39 is 31.5 Å². The smallest absolute Gasteiger partial charge is 0.243 e. The number of aryl methyl sites for hydroxylation is 1. The predicted molar refractivity (Wildman–Crippen MR) is 108 cm³/mol. The van der Waals surface area contributed by atoms with Crippen LogP contribution in [0.3, 0.4) is 0 Å². The van der Waals surface area contributed by atoms with Gasteiger partial charge in [-0.2, -0.15) is 4.31 Å². The van der Waals surface area contributed by atoms with E-state index in [0.29, 0.717) is 18.9 Å². The van der Waals surface area contributed by atoms with Gasteiger partial charge in [0.25, 0.3) is 0 Å². The maximum Gasteiger partial charge on any atom is 0.243 e. The Balaban J connectivity index is 1.66. The fraction of sp³-hybridized carbons (Fsp3) is 0.316. The van der Waals surface area contributed by atoms with Crippen molar-refractivity contribution in [1.82, 2.24) is 4.31 Å². The molecule has 2 aromatic carbocycles. The lowest BCUT2D eigenvalue weighted by atomic mass is 10.2. The molecule has 3 rings (SSSR count). The van der Waals surface area contributed by atoms with Gasteiger partial charge in [0.05, 0.1) is 23.0 Å². The average Bonchev–Trinajstić information content (AvgIpc) is 2.69. The summed E-state index contributed by atoms with van der Waals surface area (Å²) in [4.78, 5) is 12.3. The van der Waals surface area contributed by atoms with Crippen molar-refractivity contribution >= 4 is 31.5 Å². The van der Waals surface area contributed by atoms with Crippen molar-refractivity contribution in [3.63, 3.8) is 0 Å². The van der Waals surface area contributed by atoms with E-state index in [9.17, 15) is 21.6 Å². The molecule has 0 saturated carbocycles. The second-order valence-electron chi connectivity index (χ2n) is 6.66. The molecule has 1 amide bonds. The van der Waals surface area contributed by atoms with Crippen LogP contribution >= 0.6 is 0 Å². The van der Waals surface area contributed by atoms with E-state index in [1.165, 1.54) is 40.7 Å². The maximum absolute atomic E-state index is 12.6. The average molecular weight is 439 g/mol. The van der Waals surface area contributed by atoms with Crippen molar-refractivity contribution in [2.45, 2.75) is 16.7 Å². The van der Waals surface area contributed by atoms with Crippen LogP contribution in [0.25, 0.3) is 0 Å². The first-order chi connectivity index (χ1) is 13.7. The van der Waals surface area contributed by atoms with Crippen molar-refractivity contribution in [3.05, 3.63) is 54.1 Å². The van der Waals surface area contributed by atoms with Gasteiger partial charge in [0, 0.05) is 18.8 Å². The molecule has 0 unspecified atom stereocenters. The summed E-state index contributed by atoms with van der Waals surface area (Å²) in [6.45, 7) is 3.12. The van der Waals surface area contributed by atoms with Crippen LogP contribution in [0.2, 0.25) is 0 Å². The molecule has 1 aliphatic heterocycles. The summed E-state index contributed by atoms with van der Waals surface area (Å²) in [5.41, 5.74) is 1.23. The molecule has 0 spiro atoms. The van der Waals surface area contributed by atoms with Crippen molar-refractivity contribution in [3.8, 4) is 0 Å². The van der Waals surface area contributed by atoms with Crippen LogP contribution < -0.4 is 5.32 Å². The number of hydrogen-bond donors (Lipinski definition) is 1. The summed E-state index contributed by atoms with van der Waals surface area (Å²) < 4.78 is 56.4. The molecule has 1 N–H and O–H groups in total. The van der Waals surface area contributed by atoms with Gasteiger partial charge in [0.15, 0.2) is 9.84 Å². The van der Waals surface area contributed by atoms with E-state index >= 15 is 0 Å². The predicted octanol–water partition coefficient (Wildman–Crippen LogP) is 1.43. The summed E-state index contributed by atoms with van der Waals surface area (Å²) in [6, 6.07) is 11.9. The molecular weight excluding hydrogens is 416 g/mol. The summed E-state index contributed by atoms with van der Waals surface area (Å²) in [7, 11) is -7.40. The van der Waals surface area contributed by atoms with Crippen molar-refractivity contribution in [2.24, 2.45) is 0 Å². The molecule has 1 saturated heterocycles. The standard InChI is InChI=1S/C19H22N2O6S2/c1-15-2-6-17(7-3-15)28(23,24)14-19(22)20-16-4-8-18(9-5-16)29(25,26)21-10-12-27-13-11-21/h2-9H,10-14H2,1H3,(H,20,22). The first-order valence-corrected chi connectivity index (χ1v) is 12.0. The van der Waals surface area contributed by atoms with Crippen molar-refractivity contribution in [1.29, 1.82) is 0 Å². The molecule has 0 bridgehead atoms. The number of rotatable bonds is 6. The molecule has 10 heteroatoms. The molecule has 29 heavy (non-hydrogen) atoms. The minimum atomic E-state index is -3.77. The van der Waals surface area contributed by atoms with Gasteiger partial charge < -0.3 is 10.1 Å². The number of morpholine rings is 1. The summed E-state index contributed by atoms with van der Waals surface area (Å²) >= 11 is 0. The molecule has 0 radical (unpaired) electrons. The number of nitrogens with one attached hydrogen (secondary N) is 1. The van der Waals surface area contributed by atoms with E-state index in [1.807, 2.05) is 6.92 Å². The SMILES string of the molecule is Cc1ccc(S(=O)(=O)CC(=O)Nc2ccc(S(=O)(=O)N3CCOCC3)cc2)cc1. The van der Waals surface area contributed by atoms with Gasteiger partial charge in [0.1, 0.15) is 5.75 Å². The van der Waals surface area contributed by atoms with Crippen LogP contribution in [0.5, 0.6) is 0 Å². The zero-order chi connectivity index (χ0) is 21.1. The molecule has 0 aromatic heterocycles. The van der Waals surface area contributed by atoms with Gasteiger partial charge >= 0.3 is 0 Å². The van der Waals surface area contributed by atoms with E-state index in [0.717, 1.165) is 5.56 Å². The Morgan fingerprint density at radius 3 is 2.07 bits per heavy atom. The van der Waals surface area contributed by atoms with Gasteiger partial charge in [-0.1, -0.05) is 17.7 Å². The minimum Gasteiger partial charge on any atom is -0.379 e. The van der Waals surface area contributed by atoms with Gasteiger partial charge in [-0.25, -0.2) is 16.8 Å². The van der Waals surface area contributed by atoms with Gasteiger partial charge in [0.2, 0.25) is 15.9 Å². The lowest BCUT2D eigenvalue weighted by molar-refractivity contribution is -0.113. The third-order valence-corrected chi connectivity index (χ3v) is 7.99. The number of ether oxygens (including phenoxy) is 1. The van der Waals surface area contributed by atoms with Gasteiger partial charge in [-0.15, -0.1) is 0 Å². The topological polar surface area (TPSA) is 110 Å². The van der Waals surface area contributed by atoms with Crippen LogP contribution in [-0.4, -0.2) is 59.1 Å². The number of carbonyl (C=O) groups is 1. The summed E-state index contributed by atoms with van der Waals surface area (Å²) in [5, 5.41) is 2.49. The number of hydrogen-bond acceptors (Lipinski definition) is 6. The van der Waals surface area contributed by atoms with Crippen molar-refractivity contribution < 1.29 is 26.4 Å². The normalized spacial score (nSPS) is 15.8. The molecule has 156 valence electrons. The minimum absolute atomic E-state index is 0.0743. The number of carbonyl (C=O) groups excluding carboxylic acids is 1. The Bertz CT molecular complexity index is 1070. The number of anilines is 1. The number of amides is 1. The molecule has 0 atom stereocenters. The van der Waals surface area contributed by atoms with Crippen molar-refractivity contribution in [2.75, 3.05) is 37.4 Å². The second-order valence-corrected chi connectivity index (χ2v) is 10.6. The fourth-order valence-corrected chi connectivity index (χ4v) is 5.39. The Labute approximate surface area is 170 Å². The van der Waals surface area contributed by atoms with Crippen LogP contribution in [0.15, 0.2) is 58.3 Å². The molecule has 1 fully saturated rings. The third-order valence-electron chi connectivity index (χ3n) is 4.45. The first-order valence-electron chi connectivity index (χ1n) is 8.96. The number of sulfone groups is 1. The van der Waals surface area contributed by atoms with E-state index in [4.69, 9.17) is 4.74 Å². The highest BCUT2D eigenvalue weighted by molar-refractivity contribution is 7.92. The van der Waals surface area contributed by atoms with Crippen LogP contribution in [0.4, 0.5) is 5.69 Å². The summed E-state index contributed by atoms with van der Waals surface area (Å²) in [5.74, 6) is -1.40. The van der Waals surface area contributed by atoms with Gasteiger partial charge in [-0.05, 0) is 43.3 Å². The monoisotopic (exact) mass is 438 g/mol. The van der Waals surface area contributed by atoms with E-state index in [2.05, 4.69) is 5.32 Å². The van der Waals surface area contributed by atoms with Crippen LogP contribution in [-0.2, 0) is 29.4 Å². The Morgan fingerprint density at radius 2 is 1.48 bits per heavy atom. The first kappa shape index (κ1) is 21.4.